The number of halogens is 1. The van der Waals surface area contributed by atoms with E-state index in [1.165, 1.54) is 24.3 Å². The summed E-state index contributed by atoms with van der Waals surface area (Å²) < 4.78 is 17.8. The first-order chi connectivity index (χ1) is 10.5. The Balaban J connectivity index is 1.91. The van der Waals surface area contributed by atoms with Crippen LogP contribution in [0.4, 0.5) is 4.39 Å². The molecule has 0 atom stereocenters. The number of hydrogen-bond acceptors (Lipinski definition) is 3. The molecule has 1 amide bonds. The number of carbonyl (C=O) groups is 2. The molecular formula is C17H14FNO3. The van der Waals surface area contributed by atoms with Crippen molar-refractivity contribution in [3.05, 3.63) is 77.1 Å². The highest BCUT2D eigenvalue weighted by Crippen LogP contribution is 2.08. The maximum Gasteiger partial charge on any atom is 0.331 e. The molecule has 22 heavy (non-hydrogen) atoms. The first-order valence-electron chi connectivity index (χ1n) is 6.54. The Bertz CT molecular complexity index is 708. The van der Waals surface area contributed by atoms with E-state index in [4.69, 9.17) is 10.5 Å². The van der Waals surface area contributed by atoms with Crippen LogP contribution < -0.4 is 5.73 Å². The molecule has 0 aliphatic carbocycles. The number of carbonyl (C=O) groups excluding carboxylic acids is 2. The van der Waals surface area contributed by atoms with Crippen molar-refractivity contribution in [2.24, 2.45) is 5.73 Å². The quantitative estimate of drug-likeness (QED) is 0.681. The van der Waals surface area contributed by atoms with Crippen molar-refractivity contribution < 1.29 is 18.7 Å². The van der Waals surface area contributed by atoms with Gasteiger partial charge in [0.05, 0.1) is 0 Å². The number of ether oxygens (including phenoxy) is 1. The highest BCUT2D eigenvalue weighted by molar-refractivity contribution is 5.93. The van der Waals surface area contributed by atoms with Gasteiger partial charge in [-0.15, -0.1) is 0 Å². The standard InChI is InChI=1S/C17H14FNO3/c18-15-7-4-12(5-8-15)6-9-16(20)22-11-13-2-1-3-14(10-13)17(19)21/h1-10H,11H2,(H2,19,21). The molecule has 2 aromatic rings. The van der Waals surface area contributed by atoms with Crippen LogP contribution in [0.5, 0.6) is 0 Å². The summed E-state index contributed by atoms with van der Waals surface area (Å²) in [6.45, 7) is 0.0354. The topological polar surface area (TPSA) is 69.4 Å². The molecule has 0 heterocycles. The molecule has 0 aliphatic heterocycles. The van der Waals surface area contributed by atoms with Gasteiger partial charge in [-0.3, -0.25) is 4.79 Å². The van der Waals surface area contributed by atoms with E-state index in [2.05, 4.69) is 0 Å². The van der Waals surface area contributed by atoms with Crippen molar-refractivity contribution in [2.75, 3.05) is 0 Å². The van der Waals surface area contributed by atoms with Gasteiger partial charge in [0.25, 0.3) is 0 Å². The lowest BCUT2D eigenvalue weighted by Gasteiger charge is -2.03. The van der Waals surface area contributed by atoms with Crippen molar-refractivity contribution in [2.45, 2.75) is 6.61 Å². The molecule has 2 aromatic carbocycles. The second kappa shape index (κ2) is 7.17. The van der Waals surface area contributed by atoms with Gasteiger partial charge in [0.15, 0.2) is 0 Å². The zero-order valence-electron chi connectivity index (χ0n) is 11.7. The molecule has 0 saturated carbocycles. The fourth-order valence-electron chi connectivity index (χ4n) is 1.76. The smallest absolute Gasteiger partial charge is 0.331 e. The average Bonchev–Trinajstić information content (AvgIpc) is 2.52. The van der Waals surface area contributed by atoms with E-state index in [1.54, 1.807) is 36.4 Å². The third-order valence-electron chi connectivity index (χ3n) is 2.87. The molecule has 0 fully saturated rings. The molecule has 0 bridgehead atoms. The van der Waals surface area contributed by atoms with E-state index in [0.29, 0.717) is 16.7 Å². The van der Waals surface area contributed by atoms with Crippen LogP contribution in [0, 0.1) is 5.82 Å². The Hall–Kier alpha value is -2.95. The summed E-state index contributed by atoms with van der Waals surface area (Å²) in [5.41, 5.74) is 6.89. The molecule has 0 unspecified atom stereocenters. The van der Waals surface area contributed by atoms with Gasteiger partial charge in [-0.25, -0.2) is 9.18 Å². The minimum atomic E-state index is -0.538. The SMILES string of the molecule is NC(=O)c1cccc(COC(=O)C=Cc2ccc(F)cc2)c1. The van der Waals surface area contributed by atoms with Crippen LogP contribution in [0.1, 0.15) is 21.5 Å². The van der Waals surface area contributed by atoms with Gasteiger partial charge in [0, 0.05) is 11.6 Å². The van der Waals surface area contributed by atoms with Crippen molar-refractivity contribution in [3.8, 4) is 0 Å². The summed E-state index contributed by atoms with van der Waals surface area (Å²) in [5, 5.41) is 0. The molecule has 5 heteroatoms. The summed E-state index contributed by atoms with van der Waals surface area (Å²) in [7, 11) is 0. The van der Waals surface area contributed by atoms with E-state index in [0.717, 1.165) is 0 Å². The molecule has 0 spiro atoms. The van der Waals surface area contributed by atoms with Gasteiger partial charge >= 0.3 is 5.97 Å². The predicted octanol–water partition coefficient (Wildman–Crippen LogP) is 2.68. The molecule has 0 aliphatic rings. The maximum atomic E-state index is 12.7. The fraction of sp³-hybridized carbons (Fsp3) is 0.0588. The first kappa shape index (κ1) is 15.4. The number of hydrogen-bond donors (Lipinski definition) is 1. The average molecular weight is 299 g/mol. The number of rotatable bonds is 5. The summed E-state index contributed by atoms with van der Waals surface area (Å²) in [5.74, 6) is -1.41. The first-order valence-corrected chi connectivity index (χ1v) is 6.54. The Labute approximate surface area is 127 Å². The molecule has 2 rings (SSSR count). The lowest BCUT2D eigenvalue weighted by atomic mass is 10.1. The van der Waals surface area contributed by atoms with E-state index >= 15 is 0 Å². The number of amides is 1. The Kier molecular flexibility index (Phi) is 5.03. The summed E-state index contributed by atoms with van der Waals surface area (Å²) in [6, 6.07) is 12.3. The van der Waals surface area contributed by atoms with Crippen molar-refractivity contribution in [1.29, 1.82) is 0 Å². The second-order valence-corrected chi connectivity index (χ2v) is 4.56. The van der Waals surface area contributed by atoms with Crippen LogP contribution in [0.15, 0.2) is 54.6 Å². The number of benzene rings is 2. The lowest BCUT2D eigenvalue weighted by molar-refractivity contribution is -0.138. The minimum absolute atomic E-state index is 0.0354. The van der Waals surface area contributed by atoms with Crippen molar-refractivity contribution >= 4 is 18.0 Å². The number of primary amides is 1. The third kappa shape index (κ3) is 4.56. The summed E-state index contributed by atoms with van der Waals surface area (Å²) in [4.78, 5) is 22.7. The molecule has 112 valence electrons. The van der Waals surface area contributed by atoms with Crippen LogP contribution in [0.3, 0.4) is 0 Å². The van der Waals surface area contributed by atoms with Gasteiger partial charge in [0.1, 0.15) is 12.4 Å². The fourth-order valence-corrected chi connectivity index (χ4v) is 1.76. The van der Waals surface area contributed by atoms with Gasteiger partial charge in [-0.1, -0.05) is 24.3 Å². The zero-order chi connectivity index (χ0) is 15.9. The lowest BCUT2D eigenvalue weighted by Crippen LogP contribution is -2.11. The highest BCUT2D eigenvalue weighted by Gasteiger charge is 2.03. The Morgan fingerprint density at radius 3 is 2.55 bits per heavy atom. The van der Waals surface area contributed by atoms with Gasteiger partial charge in [0.2, 0.25) is 5.91 Å². The highest BCUT2D eigenvalue weighted by atomic mass is 19.1. The van der Waals surface area contributed by atoms with Crippen LogP contribution in [-0.4, -0.2) is 11.9 Å². The second-order valence-electron chi connectivity index (χ2n) is 4.56. The van der Waals surface area contributed by atoms with Crippen LogP contribution >= 0.6 is 0 Å². The van der Waals surface area contributed by atoms with E-state index < -0.39 is 11.9 Å². The summed E-state index contributed by atoms with van der Waals surface area (Å²) >= 11 is 0. The van der Waals surface area contributed by atoms with E-state index in [9.17, 15) is 14.0 Å². The van der Waals surface area contributed by atoms with Crippen LogP contribution in [-0.2, 0) is 16.1 Å². The molecule has 4 nitrogen and oxygen atoms in total. The molecule has 2 N–H and O–H groups in total. The van der Waals surface area contributed by atoms with Gasteiger partial charge in [-0.2, -0.15) is 0 Å². The monoisotopic (exact) mass is 299 g/mol. The molecule has 0 saturated heterocycles. The van der Waals surface area contributed by atoms with Gasteiger partial charge in [-0.05, 0) is 41.5 Å². The van der Waals surface area contributed by atoms with Crippen molar-refractivity contribution in [3.63, 3.8) is 0 Å². The normalized spacial score (nSPS) is 10.6. The van der Waals surface area contributed by atoms with E-state index in [1.807, 2.05) is 0 Å². The Morgan fingerprint density at radius 2 is 1.86 bits per heavy atom. The Morgan fingerprint density at radius 1 is 1.14 bits per heavy atom. The maximum absolute atomic E-state index is 12.7. The molecule has 0 aromatic heterocycles. The molecular weight excluding hydrogens is 285 g/mol. The predicted molar refractivity (Wildman–Crippen MR) is 80.2 cm³/mol. The van der Waals surface area contributed by atoms with Gasteiger partial charge < -0.3 is 10.5 Å². The van der Waals surface area contributed by atoms with Crippen LogP contribution in [0.2, 0.25) is 0 Å². The van der Waals surface area contributed by atoms with Crippen molar-refractivity contribution in [1.82, 2.24) is 0 Å². The largest absolute Gasteiger partial charge is 0.458 e. The van der Waals surface area contributed by atoms with Crippen LogP contribution in [0.25, 0.3) is 6.08 Å². The van der Waals surface area contributed by atoms with E-state index in [-0.39, 0.29) is 12.4 Å². The number of nitrogens with two attached hydrogens (primary N) is 1. The zero-order valence-corrected chi connectivity index (χ0v) is 11.7. The third-order valence-corrected chi connectivity index (χ3v) is 2.87. The minimum Gasteiger partial charge on any atom is -0.458 e. The summed E-state index contributed by atoms with van der Waals surface area (Å²) in [6.07, 6.45) is 2.78. The molecule has 0 radical (unpaired) electrons. The number of esters is 1.